The molecule has 3 aromatic carbocycles. The van der Waals surface area contributed by atoms with Gasteiger partial charge in [0.25, 0.3) is 5.69 Å². The van der Waals surface area contributed by atoms with Gasteiger partial charge in [0, 0.05) is 36.5 Å². The fraction of sp³-hybridized carbons (Fsp3) is 0.558. The van der Waals surface area contributed by atoms with Gasteiger partial charge in [-0.15, -0.1) is 10.2 Å². The Morgan fingerprint density at radius 1 is 0.727 bits per heavy atom. The first-order chi connectivity index (χ1) is 26.1. The van der Waals surface area contributed by atoms with Gasteiger partial charge in [0.2, 0.25) is 0 Å². The lowest BCUT2D eigenvalue weighted by Crippen LogP contribution is -2.35. The third-order valence-corrected chi connectivity index (χ3v) is 9.34. The largest absolute Gasteiger partial charge is 0.494 e. The number of carbonyl (C=O) groups excluding carboxylic acids is 1. The van der Waals surface area contributed by atoms with Crippen LogP contribution in [0.3, 0.4) is 0 Å². The summed E-state index contributed by atoms with van der Waals surface area (Å²) in [5, 5.41) is 28.3. The van der Waals surface area contributed by atoms with E-state index in [-0.39, 0.29) is 28.4 Å². The Bertz CT molecular complexity index is 1690. The van der Waals surface area contributed by atoms with Crippen molar-refractivity contribution in [2.24, 2.45) is 37.2 Å². The van der Waals surface area contributed by atoms with E-state index < -0.39 is 4.92 Å². The Labute approximate surface area is 327 Å². The highest BCUT2D eigenvalue weighted by atomic mass is 16.6. The van der Waals surface area contributed by atoms with E-state index in [0.29, 0.717) is 47.4 Å². The molecule has 55 heavy (non-hydrogen) atoms. The molecular weight excluding hydrogens is 697 g/mol. The SMILES string of the molecule is CCCCCCCCCCN(CCOC(=O)C(CC(C)(C)C)C(C)(C)C)c1ccc(/N=N/c2cc(OC)c(/N=N/c3ccc([N+](=O)[O-])cc3)cc2OC)cc1. The number of hydrogen-bond donors (Lipinski definition) is 0. The fourth-order valence-electron chi connectivity index (χ4n) is 6.14. The van der Waals surface area contributed by atoms with Crippen molar-refractivity contribution in [3.8, 4) is 11.5 Å². The lowest BCUT2D eigenvalue weighted by atomic mass is 9.72. The number of hydrogen-bond acceptors (Lipinski definition) is 11. The van der Waals surface area contributed by atoms with Gasteiger partial charge in [0.15, 0.2) is 0 Å². The number of carbonyl (C=O) groups is 1. The quantitative estimate of drug-likeness (QED) is 0.0326. The van der Waals surface area contributed by atoms with Crippen LogP contribution >= 0.6 is 0 Å². The maximum Gasteiger partial charge on any atom is 0.309 e. The van der Waals surface area contributed by atoms with Crippen LogP contribution in [0.25, 0.3) is 0 Å². The molecule has 0 aliphatic rings. The molecule has 1 atom stereocenters. The summed E-state index contributed by atoms with van der Waals surface area (Å²) in [4.78, 5) is 26.1. The van der Waals surface area contributed by atoms with Crippen LogP contribution in [0.2, 0.25) is 0 Å². The minimum atomic E-state index is -0.470. The van der Waals surface area contributed by atoms with Crippen molar-refractivity contribution >= 4 is 40.1 Å². The highest BCUT2D eigenvalue weighted by Crippen LogP contribution is 2.41. The van der Waals surface area contributed by atoms with Crippen molar-refractivity contribution in [2.75, 3.05) is 38.8 Å². The van der Waals surface area contributed by atoms with Crippen molar-refractivity contribution in [2.45, 2.75) is 106 Å². The van der Waals surface area contributed by atoms with Gasteiger partial charge in [0.05, 0.1) is 43.0 Å². The molecule has 1 unspecified atom stereocenters. The summed E-state index contributed by atoms with van der Waals surface area (Å²) in [7, 11) is 3.04. The van der Waals surface area contributed by atoms with Gasteiger partial charge in [-0.05, 0) is 60.1 Å². The normalized spacial score (nSPS) is 12.6. The van der Waals surface area contributed by atoms with Crippen LogP contribution in [0.5, 0.6) is 11.5 Å². The predicted octanol–water partition coefficient (Wildman–Crippen LogP) is 13.0. The Morgan fingerprint density at radius 3 is 1.67 bits per heavy atom. The lowest BCUT2D eigenvalue weighted by molar-refractivity contribution is -0.384. The van der Waals surface area contributed by atoms with Gasteiger partial charge in [-0.3, -0.25) is 14.9 Å². The zero-order valence-electron chi connectivity index (χ0n) is 34.5. The van der Waals surface area contributed by atoms with Gasteiger partial charge >= 0.3 is 5.97 Å². The molecule has 0 heterocycles. The van der Waals surface area contributed by atoms with E-state index in [2.05, 4.69) is 73.8 Å². The molecule has 0 aliphatic carbocycles. The third-order valence-electron chi connectivity index (χ3n) is 9.34. The van der Waals surface area contributed by atoms with Crippen LogP contribution in [0, 0.1) is 26.9 Å². The molecule has 0 bridgehead atoms. The zero-order valence-corrected chi connectivity index (χ0v) is 34.5. The minimum absolute atomic E-state index is 0.0179. The first-order valence-electron chi connectivity index (χ1n) is 19.5. The monoisotopic (exact) mass is 758 g/mol. The summed E-state index contributed by atoms with van der Waals surface area (Å²) in [5.74, 6) is 0.513. The molecule has 3 aromatic rings. The standard InChI is InChI=1S/C43H62N6O6/c1-10-11-12-13-14-15-16-17-26-48(27-28-55-41(50)36(43(5,6)7)31-42(2,3)4)34-22-18-32(19-23-34)44-46-37-29-40(54-9)38(30-39(37)53-8)47-45-33-20-24-35(25-21-33)49(51)52/h18-25,29-30,36H,10-17,26-28,31H2,1-9H3/b46-44+,47-45+. The van der Waals surface area contributed by atoms with Crippen molar-refractivity contribution < 1.29 is 23.9 Å². The topological polar surface area (TPSA) is 141 Å². The van der Waals surface area contributed by atoms with Crippen LogP contribution in [0.1, 0.15) is 106 Å². The van der Waals surface area contributed by atoms with Crippen LogP contribution in [0.15, 0.2) is 81.1 Å². The molecule has 3 rings (SSSR count). The van der Waals surface area contributed by atoms with Crippen molar-refractivity contribution in [1.82, 2.24) is 0 Å². The number of azo groups is 2. The van der Waals surface area contributed by atoms with Crippen molar-refractivity contribution in [3.63, 3.8) is 0 Å². The van der Waals surface area contributed by atoms with E-state index in [0.717, 1.165) is 31.5 Å². The lowest BCUT2D eigenvalue weighted by Gasteiger charge is -2.34. The van der Waals surface area contributed by atoms with E-state index in [4.69, 9.17) is 14.2 Å². The molecule has 0 aromatic heterocycles. The number of methoxy groups -OCH3 is 2. The number of ether oxygens (including phenoxy) is 3. The smallest absolute Gasteiger partial charge is 0.309 e. The van der Waals surface area contributed by atoms with Gasteiger partial charge < -0.3 is 19.1 Å². The molecular formula is C43H62N6O6. The predicted molar refractivity (Wildman–Crippen MR) is 220 cm³/mol. The van der Waals surface area contributed by atoms with Gasteiger partial charge in [-0.25, -0.2) is 0 Å². The molecule has 0 aliphatic heterocycles. The number of esters is 1. The van der Waals surface area contributed by atoms with Gasteiger partial charge in [0.1, 0.15) is 29.5 Å². The maximum atomic E-state index is 13.3. The number of nitrogens with zero attached hydrogens (tertiary/aromatic N) is 6. The Balaban J connectivity index is 1.73. The van der Waals surface area contributed by atoms with Crippen molar-refractivity contribution in [1.29, 1.82) is 0 Å². The number of nitro groups is 1. The maximum absolute atomic E-state index is 13.3. The fourth-order valence-corrected chi connectivity index (χ4v) is 6.14. The molecule has 0 radical (unpaired) electrons. The Kier molecular flexibility index (Phi) is 17.7. The first-order valence-corrected chi connectivity index (χ1v) is 19.5. The van der Waals surface area contributed by atoms with Gasteiger partial charge in [-0.1, -0.05) is 93.4 Å². The number of nitro benzene ring substituents is 1. The first kappa shape index (κ1) is 44.5. The summed E-state index contributed by atoms with van der Waals surface area (Å²) in [6.45, 7) is 16.8. The van der Waals surface area contributed by atoms with Crippen LogP contribution < -0.4 is 14.4 Å². The second-order valence-electron chi connectivity index (χ2n) is 16.2. The van der Waals surface area contributed by atoms with Gasteiger partial charge in [-0.2, -0.15) is 10.2 Å². The number of anilines is 1. The molecule has 0 fully saturated rings. The minimum Gasteiger partial charge on any atom is -0.494 e. The molecule has 300 valence electrons. The zero-order chi connectivity index (χ0) is 40.4. The third kappa shape index (κ3) is 15.4. The van der Waals surface area contributed by atoms with E-state index in [9.17, 15) is 14.9 Å². The molecule has 0 amide bonds. The van der Waals surface area contributed by atoms with Crippen LogP contribution in [-0.2, 0) is 9.53 Å². The number of rotatable bonds is 22. The summed E-state index contributed by atoms with van der Waals surface area (Å²) in [6, 6.07) is 17.0. The molecule has 0 spiro atoms. The van der Waals surface area contributed by atoms with Crippen LogP contribution in [0.4, 0.5) is 34.1 Å². The molecule has 12 nitrogen and oxygen atoms in total. The summed E-state index contributed by atoms with van der Waals surface area (Å²) < 4.78 is 17.1. The van der Waals surface area contributed by atoms with E-state index in [1.807, 2.05) is 24.3 Å². The van der Waals surface area contributed by atoms with Crippen LogP contribution in [-0.4, -0.2) is 44.8 Å². The number of unbranched alkanes of at least 4 members (excludes halogenated alkanes) is 7. The van der Waals surface area contributed by atoms with E-state index in [1.54, 1.807) is 12.1 Å². The molecule has 0 saturated heterocycles. The highest BCUT2D eigenvalue weighted by molar-refractivity contribution is 5.73. The van der Waals surface area contributed by atoms with Crippen molar-refractivity contribution in [3.05, 3.63) is 70.8 Å². The summed E-state index contributed by atoms with van der Waals surface area (Å²) in [6.07, 6.45) is 10.7. The molecule has 0 saturated carbocycles. The summed E-state index contributed by atoms with van der Waals surface area (Å²) in [5.41, 5.74) is 2.76. The second-order valence-corrected chi connectivity index (χ2v) is 16.2. The number of benzene rings is 3. The average Bonchev–Trinajstić information content (AvgIpc) is 3.15. The Morgan fingerprint density at radius 2 is 1.22 bits per heavy atom. The highest BCUT2D eigenvalue weighted by Gasteiger charge is 2.35. The molecule has 0 N–H and O–H groups in total. The van der Waals surface area contributed by atoms with E-state index >= 15 is 0 Å². The Hall–Kier alpha value is -4.87. The molecule has 12 heteroatoms. The second kappa shape index (κ2) is 21.9. The number of non-ortho nitro benzene ring substituents is 1. The summed E-state index contributed by atoms with van der Waals surface area (Å²) >= 11 is 0. The van der Waals surface area contributed by atoms with E-state index in [1.165, 1.54) is 77.0 Å². The average molecular weight is 759 g/mol.